The number of carbonyl (C=O) groups excluding carboxylic acids is 1. The van der Waals surface area contributed by atoms with Crippen molar-refractivity contribution in [1.82, 2.24) is 20.1 Å². The van der Waals surface area contributed by atoms with Crippen molar-refractivity contribution in [2.75, 3.05) is 5.32 Å². The molecular weight excluding hydrogens is 277 g/mol. The van der Waals surface area contributed by atoms with Crippen LogP contribution in [0.1, 0.15) is 10.7 Å². The normalized spacial score (nSPS) is 10.3. The molecule has 8 heteroatoms. The highest BCUT2D eigenvalue weighted by atomic mass is 19.1. The van der Waals surface area contributed by atoms with Crippen molar-refractivity contribution in [1.29, 1.82) is 0 Å². The maximum absolute atomic E-state index is 13.0. The molecule has 0 aliphatic carbocycles. The lowest BCUT2D eigenvalue weighted by atomic mass is 10.3. The summed E-state index contributed by atoms with van der Waals surface area (Å²) in [5.74, 6) is -1.20. The average Bonchev–Trinajstić information content (AvgIpc) is 2.98. The second-order valence-corrected chi connectivity index (χ2v) is 3.98. The van der Waals surface area contributed by atoms with Gasteiger partial charge in [0.2, 0.25) is 5.82 Å². The Morgan fingerprint density at radius 3 is 2.95 bits per heavy atom. The number of amides is 1. The van der Waals surface area contributed by atoms with Crippen LogP contribution in [0.5, 0.6) is 0 Å². The largest absolute Gasteiger partial charge is 0.328 e. The lowest BCUT2D eigenvalue weighted by molar-refractivity contribution is 0.0981. The smallest absolute Gasteiger partial charge is 0.316 e. The van der Waals surface area contributed by atoms with Gasteiger partial charge in [-0.15, -0.1) is 0 Å². The molecule has 1 amide bonds. The Hall–Kier alpha value is -3.16. The first-order chi connectivity index (χ1) is 10.2. The van der Waals surface area contributed by atoms with E-state index < -0.39 is 11.7 Å². The topological polar surface area (TPSA) is 93.8 Å². The van der Waals surface area contributed by atoms with E-state index in [4.69, 9.17) is 4.52 Å². The van der Waals surface area contributed by atoms with Crippen LogP contribution in [-0.4, -0.2) is 26.0 Å². The molecule has 0 aliphatic heterocycles. The van der Waals surface area contributed by atoms with E-state index in [0.29, 0.717) is 11.4 Å². The molecule has 0 aliphatic rings. The van der Waals surface area contributed by atoms with Gasteiger partial charge in [0.25, 0.3) is 0 Å². The number of hydrogen-bond acceptors (Lipinski definition) is 6. The fourth-order valence-corrected chi connectivity index (χ4v) is 1.59. The van der Waals surface area contributed by atoms with E-state index in [0.717, 1.165) is 0 Å². The summed E-state index contributed by atoms with van der Waals surface area (Å²) < 4.78 is 17.9. The number of hydrogen-bond donors (Lipinski definition) is 1. The van der Waals surface area contributed by atoms with Gasteiger partial charge in [0.1, 0.15) is 11.5 Å². The van der Waals surface area contributed by atoms with Crippen LogP contribution < -0.4 is 5.32 Å². The molecular formula is C13H8FN5O2. The first kappa shape index (κ1) is 12.9. The number of anilines is 1. The van der Waals surface area contributed by atoms with Crippen molar-refractivity contribution >= 4 is 11.6 Å². The lowest BCUT2D eigenvalue weighted by Gasteiger charge is -2.00. The monoisotopic (exact) mass is 285 g/mol. The molecule has 3 rings (SSSR count). The maximum Gasteiger partial charge on any atom is 0.316 e. The van der Waals surface area contributed by atoms with Crippen LogP contribution in [0.15, 0.2) is 47.4 Å². The minimum atomic E-state index is -0.636. The van der Waals surface area contributed by atoms with Crippen molar-refractivity contribution in [3.8, 4) is 11.5 Å². The molecule has 2 heterocycles. The van der Waals surface area contributed by atoms with Crippen LogP contribution >= 0.6 is 0 Å². The van der Waals surface area contributed by atoms with Gasteiger partial charge in [-0.3, -0.25) is 9.78 Å². The van der Waals surface area contributed by atoms with Crippen molar-refractivity contribution in [3.63, 3.8) is 0 Å². The van der Waals surface area contributed by atoms with Crippen molar-refractivity contribution in [3.05, 3.63) is 54.6 Å². The summed E-state index contributed by atoms with van der Waals surface area (Å²) >= 11 is 0. The Morgan fingerprint density at radius 1 is 1.29 bits per heavy atom. The number of benzene rings is 1. The zero-order valence-corrected chi connectivity index (χ0v) is 10.5. The van der Waals surface area contributed by atoms with Crippen LogP contribution in [0, 0.1) is 5.82 Å². The zero-order valence-electron chi connectivity index (χ0n) is 10.5. The Balaban J connectivity index is 1.78. The van der Waals surface area contributed by atoms with Crippen molar-refractivity contribution < 1.29 is 13.7 Å². The van der Waals surface area contributed by atoms with Crippen molar-refractivity contribution in [2.24, 2.45) is 0 Å². The highest BCUT2D eigenvalue weighted by Crippen LogP contribution is 2.13. The number of halogens is 1. The van der Waals surface area contributed by atoms with Gasteiger partial charge in [-0.25, -0.2) is 9.37 Å². The van der Waals surface area contributed by atoms with E-state index >= 15 is 0 Å². The highest BCUT2D eigenvalue weighted by molar-refractivity contribution is 6.01. The fraction of sp³-hybridized carbons (Fsp3) is 0. The second-order valence-electron chi connectivity index (χ2n) is 3.98. The molecule has 7 nitrogen and oxygen atoms in total. The SMILES string of the molecule is O=C(Nc1cccc(F)c1)c1nc(-c2cnccn2)no1. The summed E-state index contributed by atoms with van der Waals surface area (Å²) in [6, 6.07) is 5.47. The maximum atomic E-state index is 13.0. The van der Waals surface area contributed by atoms with Gasteiger partial charge in [0, 0.05) is 18.1 Å². The zero-order chi connectivity index (χ0) is 14.7. The van der Waals surface area contributed by atoms with Crippen LogP contribution in [0.4, 0.5) is 10.1 Å². The third-order valence-electron chi connectivity index (χ3n) is 2.50. The van der Waals surface area contributed by atoms with Gasteiger partial charge in [0.15, 0.2) is 0 Å². The van der Waals surface area contributed by atoms with Gasteiger partial charge < -0.3 is 9.84 Å². The minimum absolute atomic E-state index is 0.146. The fourth-order valence-electron chi connectivity index (χ4n) is 1.59. The quantitative estimate of drug-likeness (QED) is 0.790. The van der Waals surface area contributed by atoms with Crippen LogP contribution in [0.25, 0.3) is 11.5 Å². The molecule has 0 saturated carbocycles. The first-order valence-electron chi connectivity index (χ1n) is 5.89. The number of aromatic nitrogens is 4. The van der Waals surface area contributed by atoms with E-state index in [1.165, 1.54) is 36.8 Å². The molecule has 1 N–H and O–H groups in total. The Bertz CT molecular complexity index is 775. The number of rotatable bonds is 3. The molecule has 0 radical (unpaired) electrons. The molecule has 0 spiro atoms. The summed E-state index contributed by atoms with van der Waals surface area (Å²) in [7, 11) is 0. The molecule has 3 aromatic rings. The summed E-state index contributed by atoms with van der Waals surface area (Å²) in [6.45, 7) is 0. The van der Waals surface area contributed by atoms with Gasteiger partial charge in [-0.1, -0.05) is 11.2 Å². The molecule has 0 bridgehead atoms. The van der Waals surface area contributed by atoms with Crippen LogP contribution in [-0.2, 0) is 0 Å². The lowest BCUT2D eigenvalue weighted by Crippen LogP contribution is -2.12. The summed E-state index contributed by atoms with van der Waals surface area (Å²) in [5, 5.41) is 6.10. The predicted octanol–water partition coefficient (Wildman–Crippen LogP) is 1.92. The molecule has 21 heavy (non-hydrogen) atoms. The van der Waals surface area contributed by atoms with E-state index in [9.17, 15) is 9.18 Å². The minimum Gasteiger partial charge on any atom is -0.328 e. The van der Waals surface area contributed by atoms with Gasteiger partial charge in [-0.2, -0.15) is 4.98 Å². The van der Waals surface area contributed by atoms with Gasteiger partial charge in [0.05, 0.1) is 6.20 Å². The number of nitrogens with zero attached hydrogens (tertiary/aromatic N) is 4. The predicted molar refractivity (Wildman–Crippen MR) is 69.7 cm³/mol. The third-order valence-corrected chi connectivity index (χ3v) is 2.50. The Morgan fingerprint density at radius 2 is 2.19 bits per heavy atom. The van der Waals surface area contributed by atoms with E-state index in [1.807, 2.05) is 0 Å². The van der Waals surface area contributed by atoms with Crippen LogP contribution in [0.2, 0.25) is 0 Å². The first-order valence-corrected chi connectivity index (χ1v) is 5.89. The van der Waals surface area contributed by atoms with E-state index in [1.54, 1.807) is 6.07 Å². The molecule has 0 unspecified atom stereocenters. The average molecular weight is 285 g/mol. The Labute approximate surface area is 117 Å². The standard InChI is InChI=1S/C13H8FN5O2/c14-8-2-1-3-9(6-8)17-12(20)13-18-11(19-21-13)10-7-15-4-5-16-10/h1-7H,(H,17,20). The molecule has 2 aromatic heterocycles. The van der Waals surface area contributed by atoms with Crippen LogP contribution in [0.3, 0.4) is 0 Å². The summed E-state index contributed by atoms with van der Waals surface area (Å²) in [4.78, 5) is 23.7. The molecule has 0 saturated heterocycles. The number of nitrogens with one attached hydrogen (secondary N) is 1. The third kappa shape index (κ3) is 2.89. The molecule has 0 atom stereocenters. The molecule has 1 aromatic carbocycles. The highest BCUT2D eigenvalue weighted by Gasteiger charge is 2.17. The molecule has 104 valence electrons. The second kappa shape index (κ2) is 5.45. The van der Waals surface area contributed by atoms with E-state index in [2.05, 4.69) is 25.4 Å². The summed E-state index contributed by atoms with van der Waals surface area (Å²) in [5.41, 5.74) is 0.672. The molecule has 0 fully saturated rings. The summed E-state index contributed by atoms with van der Waals surface area (Å²) in [6.07, 6.45) is 4.42. The number of carbonyl (C=O) groups is 1. The Kier molecular flexibility index (Phi) is 3.34. The van der Waals surface area contributed by atoms with Crippen molar-refractivity contribution in [2.45, 2.75) is 0 Å². The van der Waals surface area contributed by atoms with Gasteiger partial charge in [-0.05, 0) is 18.2 Å². The van der Waals surface area contributed by atoms with Gasteiger partial charge >= 0.3 is 11.8 Å². The van der Waals surface area contributed by atoms with E-state index in [-0.39, 0.29) is 11.7 Å².